The lowest BCUT2D eigenvalue weighted by Crippen LogP contribution is -2.38. The number of carbonyl (C=O) groups excluding carboxylic acids is 1. The van der Waals surface area contributed by atoms with Crippen molar-refractivity contribution in [3.8, 4) is 0 Å². The maximum Gasteiger partial charge on any atom is 0.334 e. The maximum absolute atomic E-state index is 11.4. The minimum absolute atomic E-state index is 0.249. The summed E-state index contributed by atoms with van der Waals surface area (Å²) in [4.78, 5) is 27.4. The van der Waals surface area contributed by atoms with Crippen molar-refractivity contribution in [2.75, 3.05) is 13.2 Å². The van der Waals surface area contributed by atoms with Crippen LogP contribution in [0.15, 0.2) is 0 Å². The molecule has 0 bridgehead atoms. The van der Waals surface area contributed by atoms with Crippen LogP contribution in [0.5, 0.6) is 0 Å². The monoisotopic (exact) mass is 245 g/mol. The van der Waals surface area contributed by atoms with Crippen LogP contribution < -0.4 is 0 Å². The van der Waals surface area contributed by atoms with E-state index in [4.69, 9.17) is 14.7 Å². The third-order valence-corrected chi connectivity index (χ3v) is 2.26. The summed E-state index contributed by atoms with van der Waals surface area (Å²) in [5.41, 5.74) is -0.558. The Morgan fingerprint density at radius 1 is 1.41 bits per heavy atom. The van der Waals surface area contributed by atoms with Crippen LogP contribution in [0.4, 0.5) is 0 Å². The molecule has 0 spiro atoms. The first kappa shape index (κ1) is 13.9. The Morgan fingerprint density at radius 2 is 2.06 bits per heavy atom. The second kappa shape index (κ2) is 5.46. The van der Waals surface area contributed by atoms with Gasteiger partial charge in [-0.05, 0) is 33.6 Å². The normalized spacial score (nSPS) is 21.5. The number of nitrogens with zero attached hydrogens (tertiary/aromatic N) is 1. The van der Waals surface area contributed by atoms with Crippen LogP contribution in [0.1, 0.15) is 33.6 Å². The van der Waals surface area contributed by atoms with Crippen molar-refractivity contribution in [2.24, 2.45) is 0 Å². The number of ether oxygens (including phenoxy) is 1. The van der Waals surface area contributed by atoms with E-state index in [-0.39, 0.29) is 6.61 Å². The minimum atomic E-state index is -0.924. The third kappa shape index (κ3) is 4.70. The summed E-state index contributed by atoms with van der Waals surface area (Å²) in [6, 6.07) is -0.655. The van der Waals surface area contributed by atoms with Crippen molar-refractivity contribution in [3.05, 3.63) is 0 Å². The largest absolute Gasteiger partial charge is 0.480 e. The molecule has 0 aromatic rings. The highest BCUT2D eigenvalue weighted by Gasteiger charge is 2.32. The van der Waals surface area contributed by atoms with Gasteiger partial charge in [0.25, 0.3) is 0 Å². The van der Waals surface area contributed by atoms with E-state index in [2.05, 4.69) is 0 Å². The van der Waals surface area contributed by atoms with E-state index in [0.29, 0.717) is 13.0 Å². The molecule has 0 radical (unpaired) electrons. The zero-order chi connectivity index (χ0) is 13.1. The molecule has 0 unspecified atom stereocenters. The molecule has 98 valence electrons. The molecule has 1 saturated heterocycles. The maximum atomic E-state index is 11.4. The van der Waals surface area contributed by atoms with Gasteiger partial charge in [-0.15, -0.1) is 0 Å². The van der Waals surface area contributed by atoms with Crippen molar-refractivity contribution in [1.82, 2.24) is 5.06 Å². The van der Waals surface area contributed by atoms with Gasteiger partial charge in [0.15, 0.2) is 6.61 Å². The summed E-state index contributed by atoms with van der Waals surface area (Å²) in [6.45, 7) is 5.57. The summed E-state index contributed by atoms with van der Waals surface area (Å²) in [6.07, 6.45) is 1.30. The van der Waals surface area contributed by atoms with Crippen molar-refractivity contribution in [1.29, 1.82) is 0 Å². The van der Waals surface area contributed by atoms with Gasteiger partial charge in [-0.25, -0.2) is 4.79 Å². The highest BCUT2D eigenvalue weighted by atomic mass is 16.7. The molecule has 6 heteroatoms. The molecule has 1 heterocycles. The molecule has 1 aliphatic rings. The average molecular weight is 245 g/mol. The van der Waals surface area contributed by atoms with Gasteiger partial charge in [-0.1, -0.05) is 0 Å². The number of esters is 1. The summed E-state index contributed by atoms with van der Waals surface area (Å²) < 4.78 is 5.06. The molecule has 1 aliphatic heterocycles. The predicted molar refractivity (Wildman–Crippen MR) is 59.2 cm³/mol. The molecule has 6 nitrogen and oxygen atoms in total. The Labute approximate surface area is 100 Å². The first-order valence-corrected chi connectivity index (χ1v) is 5.64. The van der Waals surface area contributed by atoms with Crippen molar-refractivity contribution < 1.29 is 24.3 Å². The van der Waals surface area contributed by atoms with Gasteiger partial charge in [0.1, 0.15) is 11.6 Å². The molecule has 0 saturated carbocycles. The van der Waals surface area contributed by atoms with E-state index in [1.807, 2.05) is 0 Å². The second-order valence-corrected chi connectivity index (χ2v) is 5.00. The van der Waals surface area contributed by atoms with Crippen molar-refractivity contribution >= 4 is 11.9 Å². The van der Waals surface area contributed by atoms with E-state index < -0.39 is 23.6 Å². The van der Waals surface area contributed by atoms with Crippen LogP contribution >= 0.6 is 0 Å². The molecule has 0 amide bonds. The standard InChI is InChI=1S/C11H19NO5/c1-11(2,3)17-9(13)7-16-12-6-4-5-8(12)10(14)15/h8H,4-7H2,1-3H3,(H,14,15)/t8-/m0/s1. The number of rotatable bonds is 4. The van der Waals surface area contributed by atoms with Gasteiger partial charge in [-0.3, -0.25) is 9.63 Å². The van der Waals surface area contributed by atoms with Crippen molar-refractivity contribution in [3.63, 3.8) is 0 Å². The highest BCUT2D eigenvalue weighted by molar-refractivity contribution is 5.74. The summed E-state index contributed by atoms with van der Waals surface area (Å²) in [5, 5.41) is 10.2. The van der Waals surface area contributed by atoms with E-state index >= 15 is 0 Å². The van der Waals surface area contributed by atoms with Crippen LogP contribution in [0, 0.1) is 0 Å². The lowest BCUT2D eigenvalue weighted by Gasteiger charge is -2.22. The van der Waals surface area contributed by atoms with Crippen molar-refractivity contribution in [2.45, 2.75) is 45.3 Å². The van der Waals surface area contributed by atoms with Gasteiger partial charge in [0.2, 0.25) is 0 Å². The third-order valence-electron chi connectivity index (χ3n) is 2.26. The quantitative estimate of drug-likeness (QED) is 0.739. The number of aliphatic carboxylic acids is 1. The number of carbonyl (C=O) groups is 2. The lowest BCUT2D eigenvalue weighted by molar-refractivity contribution is -0.202. The second-order valence-electron chi connectivity index (χ2n) is 5.00. The van der Waals surface area contributed by atoms with Gasteiger partial charge in [0.05, 0.1) is 0 Å². The molecule has 0 aliphatic carbocycles. The van der Waals surface area contributed by atoms with Crippen LogP contribution in [0.3, 0.4) is 0 Å². The summed E-state index contributed by atoms with van der Waals surface area (Å²) in [7, 11) is 0. The molecule has 1 rings (SSSR count). The Balaban J connectivity index is 2.35. The molecule has 1 N–H and O–H groups in total. The fourth-order valence-electron chi connectivity index (χ4n) is 1.65. The van der Waals surface area contributed by atoms with Gasteiger partial charge in [0, 0.05) is 6.54 Å². The van der Waals surface area contributed by atoms with E-state index in [1.54, 1.807) is 20.8 Å². The van der Waals surface area contributed by atoms with Crippen LogP contribution in [0.2, 0.25) is 0 Å². The van der Waals surface area contributed by atoms with E-state index in [1.165, 1.54) is 5.06 Å². The van der Waals surface area contributed by atoms with Crippen LogP contribution in [-0.2, 0) is 19.2 Å². The Hall–Kier alpha value is -1.14. The first-order valence-electron chi connectivity index (χ1n) is 5.64. The molecular weight excluding hydrogens is 226 g/mol. The smallest absolute Gasteiger partial charge is 0.334 e. The van der Waals surface area contributed by atoms with Gasteiger partial charge in [-0.2, -0.15) is 5.06 Å². The number of hydrogen-bond donors (Lipinski definition) is 1. The SMILES string of the molecule is CC(C)(C)OC(=O)CON1CCC[C@H]1C(=O)O. The Morgan fingerprint density at radius 3 is 2.59 bits per heavy atom. The fraction of sp³-hybridized carbons (Fsp3) is 0.818. The fourth-order valence-corrected chi connectivity index (χ4v) is 1.65. The predicted octanol–water partition coefficient (Wildman–Crippen LogP) is 0.809. The van der Waals surface area contributed by atoms with Gasteiger partial charge < -0.3 is 9.84 Å². The first-order chi connectivity index (χ1) is 7.79. The number of hydroxylamine groups is 2. The number of carboxylic acids is 1. The minimum Gasteiger partial charge on any atom is -0.480 e. The zero-order valence-electron chi connectivity index (χ0n) is 10.4. The Bertz CT molecular complexity index is 297. The molecule has 1 fully saturated rings. The summed E-state index contributed by atoms with van der Waals surface area (Å²) >= 11 is 0. The Kier molecular flexibility index (Phi) is 4.47. The van der Waals surface area contributed by atoms with Crippen LogP contribution in [-0.4, -0.2) is 46.9 Å². The lowest BCUT2D eigenvalue weighted by atomic mass is 10.2. The molecule has 0 aromatic heterocycles. The molecule has 17 heavy (non-hydrogen) atoms. The van der Waals surface area contributed by atoms with E-state index in [0.717, 1.165) is 6.42 Å². The molecule has 0 aromatic carbocycles. The number of hydrogen-bond acceptors (Lipinski definition) is 5. The molecule has 1 atom stereocenters. The molecular formula is C11H19NO5. The van der Waals surface area contributed by atoms with E-state index in [9.17, 15) is 9.59 Å². The number of carboxylic acid groups (broad SMARTS) is 1. The van der Waals surface area contributed by atoms with Gasteiger partial charge >= 0.3 is 11.9 Å². The zero-order valence-corrected chi connectivity index (χ0v) is 10.4. The highest BCUT2D eigenvalue weighted by Crippen LogP contribution is 2.17. The summed E-state index contributed by atoms with van der Waals surface area (Å²) in [5.74, 6) is -1.42. The topological polar surface area (TPSA) is 76.1 Å². The average Bonchev–Trinajstić information content (AvgIpc) is 2.59. The van der Waals surface area contributed by atoms with Crippen LogP contribution in [0.25, 0.3) is 0 Å².